The summed E-state index contributed by atoms with van der Waals surface area (Å²) in [5, 5.41) is 13.3. The van der Waals surface area contributed by atoms with Crippen molar-refractivity contribution in [3.05, 3.63) is 53.1 Å². The Bertz CT molecular complexity index is 1070. The molecule has 0 spiro atoms. The van der Waals surface area contributed by atoms with Gasteiger partial charge in [0.2, 0.25) is 0 Å². The summed E-state index contributed by atoms with van der Waals surface area (Å²) < 4.78 is 71.1. The lowest BCUT2D eigenvalue weighted by molar-refractivity contribution is -0.0917. The van der Waals surface area contributed by atoms with E-state index in [9.17, 15) is 27.2 Å². The molecule has 2 aliphatic rings. The van der Waals surface area contributed by atoms with Crippen LogP contribution in [-0.2, 0) is 0 Å². The lowest BCUT2D eigenvalue weighted by Crippen LogP contribution is -2.34. The van der Waals surface area contributed by atoms with Crippen molar-refractivity contribution >= 4 is 5.69 Å². The summed E-state index contributed by atoms with van der Waals surface area (Å²) in [6.45, 7) is 0.999. The van der Waals surface area contributed by atoms with Crippen molar-refractivity contribution in [2.75, 3.05) is 18.0 Å². The maximum atomic E-state index is 13.6. The average Bonchev–Trinajstić information content (AvgIpc) is 3.24. The molecule has 0 N–H and O–H groups in total. The van der Waals surface area contributed by atoms with E-state index in [1.807, 2.05) is 4.90 Å². The predicted octanol–water partition coefficient (Wildman–Crippen LogP) is 5.38. The number of rotatable bonds is 3. The first-order chi connectivity index (χ1) is 14.8. The summed E-state index contributed by atoms with van der Waals surface area (Å²) in [7, 11) is 0. The van der Waals surface area contributed by atoms with Crippen LogP contribution in [0.15, 0.2) is 46.3 Å². The van der Waals surface area contributed by atoms with E-state index in [0.717, 1.165) is 12.2 Å². The number of anilines is 1. The Morgan fingerprint density at radius 3 is 2.61 bits per heavy atom. The first-order valence-electron chi connectivity index (χ1n) is 9.68. The van der Waals surface area contributed by atoms with E-state index >= 15 is 0 Å². The van der Waals surface area contributed by atoms with Crippen LogP contribution in [0.25, 0.3) is 11.5 Å². The molecule has 0 radical (unpaired) electrons. The van der Waals surface area contributed by atoms with Gasteiger partial charge >= 0.3 is 6.18 Å². The number of hydrogen-bond donors (Lipinski definition) is 0. The molecule has 0 bridgehead atoms. The molecule has 31 heavy (non-hydrogen) atoms. The highest BCUT2D eigenvalue weighted by atomic mass is 19.4. The molecule has 1 aliphatic heterocycles. The molecular formula is C21H17F5N4O. The van der Waals surface area contributed by atoms with E-state index in [2.05, 4.69) is 16.2 Å². The fraction of sp³-hybridized carbons (Fsp3) is 0.381. The van der Waals surface area contributed by atoms with Gasteiger partial charge in [-0.05, 0) is 43.5 Å². The van der Waals surface area contributed by atoms with Gasteiger partial charge in [-0.2, -0.15) is 23.4 Å². The highest BCUT2D eigenvalue weighted by molar-refractivity contribution is 5.67. The number of allylic oxidation sites excluding steroid dienone is 4. The average molecular weight is 436 g/mol. The number of benzene rings is 1. The van der Waals surface area contributed by atoms with Gasteiger partial charge in [-0.1, -0.05) is 11.2 Å². The lowest BCUT2D eigenvalue weighted by Gasteiger charge is -2.31. The van der Waals surface area contributed by atoms with E-state index < -0.39 is 29.7 Å². The van der Waals surface area contributed by atoms with Crippen molar-refractivity contribution < 1.29 is 26.5 Å². The molecule has 2 aromatic rings. The maximum Gasteiger partial charge on any atom is 0.418 e. The number of alkyl halides is 4. The molecule has 4 rings (SSSR count). The van der Waals surface area contributed by atoms with Gasteiger partial charge in [-0.3, -0.25) is 0 Å². The van der Waals surface area contributed by atoms with Gasteiger partial charge in [-0.25, -0.2) is 8.78 Å². The van der Waals surface area contributed by atoms with Gasteiger partial charge in [0.25, 0.3) is 5.89 Å². The van der Waals surface area contributed by atoms with Gasteiger partial charge < -0.3 is 9.42 Å². The third-order valence-corrected chi connectivity index (χ3v) is 5.38. The molecule has 1 saturated heterocycles. The quantitative estimate of drug-likeness (QED) is 0.605. The molecule has 1 fully saturated rings. The van der Waals surface area contributed by atoms with Gasteiger partial charge in [0.05, 0.1) is 16.8 Å². The van der Waals surface area contributed by atoms with Crippen LogP contribution >= 0.6 is 0 Å². The van der Waals surface area contributed by atoms with E-state index in [-0.39, 0.29) is 18.1 Å². The molecule has 1 aliphatic carbocycles. The Kier molecular flexibility index (Phi) is 5.52. The van der Waals surface area contributed by atoms with Crippen molar-refractivity contribution in [1.29, 1.82) is 5.26 Å². The fourth-order valence-electron chi connectivity index (χ4n) is 3.73. The van der Waals surface area contributed by atoms with Crippen molar-refractivity contribution in [1.82, 2.24) is 10.1 Å². The second kappa shape index (κ2) is 8.13. The van der Waals surface area contributed by atoms with Crippen molar-refractivity contribution in [2.24, 2.45) is 0 Å². The Labute approximate surface area is 174 Å². The largest absolute Gasteiger partial charge is 0.418 e. The summed E-state index contributed by atoms with van der Waals surface area (Å²) in [4.78, 5) is 6.09. The number of nitrogens with zero attached hydrogens (tertiary/aromatic N) is 4. The molecular weight excluding hydrogens is 419 g/mol. The molecule has 0 saturated carbocycles. The summed E-state index contributed by atoms with van der Waals surface area (Å²) >= 11 is 0. The van der Waals surface area contributed by atoms with Crippen LogP contribution in [0.2, 0.25) is 0 Å². The van der Waals surface area contributed by atoms with Crippen molar-refractivity contribution in [3.63, 3.8) is 0 Å². The highest BCUT2D eigenvalue weighted by Crippen LogP contribution is 2.39. The summed E-state index contributed by atoms with van der Waals surface area (Å²) in [6.07, 6.45) is -3.30. The number of nitriles is 1. The highest BCUT2D eigenvalue weighted by Gasteiger charge is 2.39. The Morgan fingerprint density at radius 1 is 1.19 bits per heavy atom. The molecule has 1 aromatic carbocycles. The zero-order chi connectivity index (χ0) is 22.2. The number of aromatic nitrogens is 2. The normalized spacial score (nSPS) is 20.3. The summed E-state index contributed by atoms with van der Waals surface area (Å²) in [6, 6.07) is 7.01. The van der Waals surface area contributed by atoms with E-state index in [4.69, 9.17) is 4.52 Å². The Morgan fingerprint density at radius 2 is 1.94 bits per heavy atom. The predicted molar refractivity (Wildman–Crippen MR) is 101 cm³/mol. The molecule has 162 valence electrons. The third-order valence-electron chi connectivity index (χ3n) is 5.38. The van der Waals surface area contributed by atoms with E-state index in [0.29, 0.717) is 42.7 Å². The summed E-state index contributed by atoms with van der Waals surface area (Å²) in [5.41, 5.74) is 0.0836. The van der Waals surface area contributed by atoms with Crippen molar-refractivity contribution in [3.8, 4) is 17.5 Å². The van der Waals surface area contributed by atoms with Gasteiger partial charge in [-0.15, -0.1) is 0 Å². The zero-order valence-corrected chi connectivity index (χ0v) is 16.2. The maximum absolute atomic E-state index is 13.6. The van der Waals surface area contributed by atoms with Crippen molar-refractivity contribution in [2.45, 2.75) is 37.5 Å². The zero-order valence-electron chi connectivity index (χ0n) is 16.2. The molecule has 5 nitrogen and oxygen atoms in total. The van der Waals surface area contributed by atoms with Crippen LogP contribution in [0.3, 0.4) is 0 Å². The van der Waals surface area contributed by atoms with E-state index in [1.54, 1.807) is 18.2 Å². The fourth-order valence-corrected chi connectivity index (χ4v) is 3.73. The first kappa shape index (κ1) is 21.0. The van der Waals surface area contributed by atoms with Crippen LogP contribution < -0.4 is 4.90 Å². The second-order valence-electron chi connectivity index (χ2n) is 7.44. The van der Waals surface area contributed by atoms with Gasteiger partial charge in [0.1, 0.15) is 18.1 Å². The number of hydrogen-bond acceptors (Lipinski definition) is 5. The topological polar surface area (TPSA) is 66.0 Å². The Balaban J connectivity index is 1.58. The van der Waals surface area contributed by atoms with Crippen LogP contribution in [0.5, 0.6) is 0 Å². The molecule has 1 atom stereocenters. The van der Waals surface area contributed by atoms with Gasteiger partial charge in [0.15, 0.2) is 5.82 Å². The Hall–Kier alpha value is -3.22. The van der Waals surface area contributed by atoms with Crippen LogP contribution in [0.1, 0.15) is 36.6 Å². The number of halogens is 5. The smallest absolute Gasteiger partial charge is 0.370 e. The minimum Gasteiger partial charge on any atom is -0.370 e. The SMILES string of the molecule is N#Cc1cc(-c2nc(C3C=C(C(F)(F)F)C(F)=CC3)no2)ccc1N1CCC(F)CC1. The van der Waals surface area contributed by atoms with E-state index in [1.165, 1.54) is 0 Å². The lowest BCUT2D eigenvalue weighted by atomic mass is 9.94. The standard InChI is InChI=1S/C21H17F5N4O/c22-15-5-7-30(8-6-15)18-4-2-13(9-14(18)11-27)20-28-19(29-31-20)12-1-3-17(23)16(10-12)21(24,25)26/h2-4,9-10,12,15H,1,5-8H2. The van der Waals surface area contributed by atoms with Crippen LogP contribution in [0, 0.1) is 11.3 Å². The first-order valence-corrected chi connectivity index (χ1v) is 9.68. The summed E-state index contributed by atoms with van der Waals surface area (Å²) in [5.74, 6) is -2.17. The molecule has 1 unspecified atom stereocenters. The monoisotopic (exact) mass is 436 g/mol. The molecule has 0 amide bonds. The minimum atomic E-state index is -4.82. The molecule has 2 heterocycles. The van der Waals surface area contributed by atoms with Gasteiger partial charge in [0, 0.05) is 24.6 Å². The number of piperidine rings is 1. The second-order valence-corrected chi connectivity index (χ2v) is 7.44. The molecule has 10 heteroatoms. The van der Waals surface area contributed by atoms with Crippen LogP contribution in [0.4, 0.5) is 27.6 Å². The minimum absolute atomic E-state index is 0.00639. The third kappa shape index (κ3) is 4.31. The van der Waals surface area contributed by atoms with Crippen LogP contribution in [-0.4, -0.2) is 35.6 Å². The molecule has 1 aromatic heterocycles.